The highest BCUT2D eigenvalue weighted by Crippen LogP contribution is 2.36. The van der Waals surface area contributed by atoms with Crippen molar-refractivity contribution in [2.45, 2.75) is 25.8 Å². The van der Waals surface area contributed by atoms with Gasteiger partial charge >= 0.3 is 0 Å². The minimum absolute atomic E-state index is 0.101. The Morgan fingerprint density at radius 3 is 2.81 bits per heavy atom. The summed E-state index contributed by atoms with van der Waals surface area (Å²) in [5, 5.41) is 4.88. The quantitative estimate of drug-likeness (QED) is 0.499. The molecule has 2 aliphatic heterocycles. The smallest absolute Gasteiger partial charge is 0.228 e. The first-order valence-electron chi connectivity index (χ1n) is 11.1. The van der Waals surface area contributed by atoms with E-state index in [2.05, 4.69) is 26.9 Å². The van der Waals surface area contributed by atoms with Crippen LogP contribution in [0, 0.1) is 0 Å². The molecular weight excluding hydrogens is 404 g/mol. The Labute approximate surface area is 185 Å². The number of hydrogen-bond acceptors (Lipinski definition) is 5. The summed E-state index contributed by atoms with van der Waals surface area (Å²) in [6.45, 7) is 3.46. The van der Waals surface area contributed by atoms with Gasteiger partial charge in [-0.25, -0.2) is 4.98 Å². The maximum absolute atomic E-state index is 12.6. The second kappa shape index (κ2) is 7.87. The van der Waals surface area contributed by atoms with Crippen molar-refractivity contribution < 1.29 is 9.53 Å². The number of rotatable bonds is 4. The summed E-state index contributed by atoms with van der Waals surface area (Å²) in [5.74, 6) is 0.101. The molecule has 8 nitrogen and oxygen atoms in total. The molecule has 0 aliphatic carbocycles. The third-order valence-corrected chi connectivity index (χ3v) is 6.23. The van der Waals surface area contributed by atoms with Gasteiger partial charge in [0.05, 0.1) is 31.0 Å². The van der Waals surface area contributed by atoms with Crippen molar-refractivity contribution in [1.82, 2.24) is 29.0 Å². The van der Waals surface area contributed by atoms with E-state index in [1.807, 2.05) is 39.8 Å². The van der Waals surface area contributed by atoms with Crippen molar-refractivity contribution in [2.24, 2.45) is 0 Å². The number of hydrogen-bond donors (Lipinski definition) is 0. The fourth-order valence-corrected chi connectivity index (χ4v) is 4.67. The molecule has 4 aromatic heterocycles. The number of aromatic nitrogens is 5. The summed E-state index contributed by atoms with van der Waals surface area (Å²) in [7, 11) is 0. The van der Waals surface area contributed by atoms with Crippen molar-refractivity contribution in [3.63, 3.8) is 0 Å². The summed E-state index contributed by atoms with van der Waals surface area (Å²) in [4.78, 5) is 23.7. The Morgan fingerprint density at radius 2 is 1.97 bits per heavy atom. The van der Waals surface area contributed by atoms with Crippen LogP contribution in [-0.4, -0.2) is 61.3 Å². The number of amides is 1. The number of pyridine rings is 2. The fourth-order valence-electron chi connectivity index (χ4n) is 4.67. The van der Waals surface area contributed by atoms with Crippen molar-refractivity contribution in [2.75, 3.05) is 26.3 Å². The van der Waals surface area contributed by atoms with E-state index in [4.69, 9.17) is 9.84 Å². The van der Waals surface area contributed by atoms with Gasteiger partial charge in [0.25, 0.3) is 0 Å². The Kier molecular flexibility index (Phi) is 4.72. The highest BCUT2D eigenvalue weighted by atomic mass is 16.5. The lowest BCUT2D eigenvalue weighted by atomic mass is 10.0. The van der Waals surface area contributed by atoms with E-state index >= 15 is 0 Å². The average Bonchev–Trinajstić information content (AvgIpc) is 3.53. The maximum atomic E-state index is 12.6. The second-order valence-corrected chi connectivity index (χ2v) is 8.30. The lowest BCUT2D eigenvalue weighted by molar-refractivity contribution is -0.134. The number of carbonyl (C=O) groups excluding carboxylic acids is 1. The maximum Gasteiger partial charge on any atom is 0.228 e. The van der Waals surface area contributed by atoms with E-state index in [0.29, 0.717) is 32.7 Å². The Balaban J connectivity index is 1.35. The van der Waals surface area contributed by atoms with E-state index in [9.17, 15) is 4.79 Å². The molecule has 6 rings (SSSR count). The van der Waals surface area contributed by atoms with Gasteiger partial charge in [-0.05, 0) is 37.1 Å². The van der Waals surface area contributed by atoms with E-state index in [-0.39, 0.29) is 5.91 Å². The lowest BCUT2D eigenvalue weighted by Crippen LogP contribution is -2.41. The highest BCUT2D eigenvalue weighted by molar-refractivity contribution is 5.82. The van der Waals surface area contributed by atoms with Crippen LogP contribution in [0.15, 0.2) is 48.9 Å². The number of imidazole rings is 1. The predicted octanol–water partition coefficient (Wildman–Crippen LogP) is 2.61. The van der Waals surface area contributed by atoms with E-state index in [0.717, 1.165) is 53.2 Å². The van der Waals surface area contributed by atoms with Crippen LogP contribution in [0.25, 0.3) is 28.2 Å². The van der Waals surface area contributed by atoms with Gasteiger partial charge in [0.1, 0.15) is 11.3 Å². The van der Waals surface area contributed by atoms with Gasteiger partial charge in [-0.1, -0.05) is 6.07 Å². The summed E-state index contributed by atoms with van der Waals surface area (Å²) in [5.41, 5.74) is 6.90. The summed E-state index contributed by atoms with van der Waals surface area (Å²) >= 11 is 0. The number of morpholine rings is 1. The number of nitrogens with zero attached hydrogens (tertiary/aromatic N) is 6. The molecule has 0 bridgehead atoms. The minimum Gasteiger partial charge on any atom is -0.378 e. The molecule has 0 atom stereocenters. The second-order valence-electron chi connectivity index (χ2n) is 8.30. The molecule has 4 aromatic rings. The molecule has 0 aromatic carbocycles. The van der Waals surface area contributed by atoms with Crippen LogP contribution < -0.4 is 0 Å². The predicted molar refractivity (Wildman–Crippen MR) is 119 cm³/mol. The van der Waals surface area contributed by atoms with Gasteiger partial charge in [0.2, 0.25) is 5.91 Å². The van der Waals surface area contributed by atoms with Gasteiger partial charge in [0, 0.05) is 55.0 Å². The Hall–Kier alpha value is -3.52. The Bertz CT molecular complexity index is 1290. The third-order valence-electron chi connectivity index (χ3n) is 6.23. The van der Waals surface area contributed by atoms with Crippen molar-refractivity contribution >= 4 is 11.6 Å². The zero-order valence-electron chi connectivity index (χ0n) is 17.8. The van der Waals surface area contributed by atoms with Crippen LogP contribution in [0.2, 0.25) is 0 Å². The average molecular weight is 428 g/mol. The topological polar surface area (TPSA) is 77.6 Å². The van der Waals surface area contributed by atoms with Crippen LogP contribution in [0.4, 0.5) is 0 Å². The number of ether oxygens (including phenoxy) is 1. The lowest BCUT2D eigenvalue weighted by Gasteiger charge is -2.26. The van der Waals surface area contributed by atoms with E-state index < -0.39 is 0 Å². The Morgan fingerprint density at radius 1 is 1.06 bits per heavy atom. The van der Waals surface area contributed by atoms with Crippen LogP contribution in [-0.2, 0) is 28.9 Å². The monoisotopic (exact) mass is 428 g/mol. The minimum atomic E-state index is 0.101. The fraction of sp³-hybridized carbons (Fsp3) is 0.333. The van der Waals surface area contributed by atoms with Gasteiger partial charge in [-0.15, -0.1) is 0 Å². The van der Waals surface area contributed by atoms with Gasteiger partial charge in [-0.2, -0.15) is 5.10 Å². The standard InChI is InChI=1S/C24H24N6O2/c31-22(28-10-12-32-13-11-28)14-18-16-29-15-17(6-7-21(29)26-18)23-20-5-3-9-30(20)27-24(23)19-4-1-2-8-25-19/h1-2,4,6-8,15-16H,3,5,9-14H2. The molecule has 1 fully saturated rings. The molecule has 0 spiro atoms. The van der Waals surface area contributed by atoms with Crippen molar-refractivity contribution in [3.05, 3.63) is 60.3 Å². The first kappa shape index (κ1) is 19.2. The zero-order valence-corrected chi connectivity index (χ0v) is 17.8. The summed E-state index contributed by atoms with van der Waals surface area (Å²) < 4.78 is 9.47. The summed E-state index contributed by atoms with van der Waals surface area (Å²) in [6, 6.07) is 10.0. The molecule has 0 N–H and O–H groups in total. The third kappa shape index (κ3) is 3.36. The first-order chi connectivity index (χ1) is 15.8. The van der Waals surface area contributed by atoms with Crippen molar-refractivity contribution in [3.8, 4) is 22.5 Å². The SMILES string of the molecule is O=C(Cc1cn2cc(-c3c(-c4ccccn4)nn4c3CCC4)ccc2n1)N1CCOCC1. The van der Waals surface area contributed by atoms with E-state index in [1.54, 1.807) is 6.20 Å². The van der Waals surface area contributed by atoms with E-state index in [1.165, 1.54) is 5.69 Å². The van der Waals surface area contributed by atoms with Gasteiger partial charge < -0.3 is 14.0 Å². The summed E-state index contributed by atoms with van der Waals surface area (Å²) in [6.07, 6.45) is 8.28. The molecule has 0 radical (unpaired) electrons. The first-order valence-corrected chi connectivity index (χ1v) is 11.1. The van der Waals surface area contributed by atoms with Crippen LogP contribution in [0.1, 0.15) is 17.8 Å². The van der Waals surface area contributed by atoms with Crippen LogP contribution >= 0.6 is 0 Å². The number of carbonyl (C=O) groups is 1. The van der Waals surface area contributed by atoms with Crippen LogP contribution in [0.3, 0.4) is 0 Å². The molecule has 1 saturated heterocycles. The molecule has 0 saturated carbocycles. The number of aryl methyl sites for hydroxylation is 1. The molecule has 1 amide bonds. The molecule has 8 heteroatoms. The van der Waals surface area contributed by atoms with Gasteiger partial charge in [-0.3, -0.25) is 14.5 Å². The highest BCUT2D eigenvalue weighted by Gasteiger charge is 2.25. The molecule has 2 aliphatic rings. The van der Waals surface area contributed by atoms with Crippen molar-refractivity contribution in [1.29, 1.82) is 0 Å². The molecule has 0 unspecified atom stereocenters. The zero-order chi connectivity index (χ0) is 21.5. The normalized spacial score (nSPS) is 15.9. The van der Waals surface area contributed by atoms with Gasteiger partial charge in [0.15, 0.2) is 0 Å². The molecule has 6 heterocycles. The molecule has 32 heavy (non-hydrogen) atoms. The molecular formula is C24H24N6O2. The van der Waals surface area contributed by atoms with Crippen LogP contribution in [0.5, 0.6) is 0 Å². The largest absolute Gasteiger partial charge is 0.378 e. The number of fused-ring (bicyclic) bond motifs is 2. The molecule has 162 valence electrons.